The standard InChI is InChI=1S/C11H17NS/c1-8-6-10(9(2)13-8)7-12(3)11-4-5-11/h6,11H,4-5,7H2,1-3H3. The van der Waals surface area contributed by atoms with Gasteiger partial charge in [0.05, 0.1) is 0 Å². The molecule has 72 valence electrons. The Kier molecular flexibility index (Phi) is 2.43. The fourth-order valence-corrected chi connectivity index (χ4v) is 2.69. The van der Waals surface area contributed by atoms with E-state index in [9.17, 15) is 0 Å². The summed E-state index contributed by atoms with van der Waals surface area (Å²) in [6.45, 7) is 5.56. The van der Waals surface area contributed by atoms with Gasteiger partial charge in [0, 0.05) is 22.3 Å². The van der Waals surface area contributed by atoms with Crippen LogP contribution >= 0.6 is 11.3 Å². The molecule has 0 aromatic carbocycles. The van der Waals surface area contributed by atoms with Crippen LogP contribution in [0.4, 0.5) is 0 Å². The van der Waals surface area contributed by atoms with Crippen LogP contribution in [0.5, 0.6) is 0 Å². The van der Waals surface area contributed by atoms with Crippen LogP contribution in [-0.2, 0) is 6.54 Å². The maximum absolute atomic E-state index is 2.48. The maximum Gasteiger partial charge on any atom is 0.0244 e. The Morgan fingerprint density at radius 2 is 2.15 bits per heavy atom. The first-order valence-electron chi connectivity index (χ1n) is 4.93. The quantitative estimate of drug-likeness (QED) is 0.716. The van der Waals surface area contributed by atoms with Crippen LogP contribution in [0.2, 0.25) is 0 Å². The fourth-order valence-electron chi connectivity index (χ4n) is 1.75. The van der Waals surface area contributed by atoms with E-state index in [1.54, 1.807) is 0 Å². The van der Waals surface area contributed by atoms with Crippen LogP contribution in [0.3, 0.4) is 0 Å². The van der Waals surface area contributed by atoms with Crippen LogP contribution in [0.25, 0.3) is 0 Å². The molecule has 1 aromatic heterocycles. The van der Waals surface area contributed by atoms with E-state index in [-0.39, 0.29) is 0 Å². The van der Waals surface area contributed by atoms with Crippen molar-refractivity contribution < 1.29 is 0 Å². The van der Waals surface area contributed by atoms with Gasteiger partial charge in [0.2, 0.25) is 0 Å². The van der Waals surface area contributed by atoms with Crippen molar-refractivity contribution in [3.63, 3.8) is 0 Å². The third-order valence-corrected chi connectivity index (χ3v) is 3.74. The lowest BCUT2D eigenvalue weighted by Gasteiger charge is -2.14. The van der Waals surface area contributed by atoms with Gasteiger partial charge in [0.25, 0.3) is 0 Å². The number of thiophene rings is 1. The summed E-state index contributed by atoms with van der Waals surface area (Å²) in [7, 11) is 2.24. The minimum atomic E-state index is 0.875. The van der Waals surface area contributed by atoms with Gasteiger partial charge in [0.15, 0.2) is 0 Å². The van der Waals surface area contributed by atoms with Gasteiger partial charge in [-0.25, -0.2) is 0 Å². The molecule has 0 bridgehead atoms. The number of hydrogen-bond acceptors (Lipinski definition) is 2. The molecule has 0 radical (unpaired) electrons. The fraction of sp³-hybridized carbons (Fsp3) is 0.636. The Bertz CT molecular complexity index is 299. The molecular weight excluding hydrogens is 178 g/mol. The molecule has 0 spiro atoms. The van der Waals surface area contributed by atoms with Crippen LogP contribution in [0.1, 0.15) is 28.2 Å². The van der Waals surface area contributed by atoms with Gasteiger partial charge in [-0.2, -0.15) is 0 Å². The topological polar surface area (TPSA) is 3.24 Å². The van der Waals surface area contributed by atoms with E-state index in [1.807, 2.05) is 11.3 Å². The summed E-state index contributed by atoms with van der Waals surface area (Å²) in [5, 5.41) is 0. The van der Waals surface area contributed by atoms with Gasteiger partial charge < -0.3 is 0 Å². The van der Waals surface area contributed by atoms with Gasteiger partial charge in [-0.3, -0.25) is 4.90 Å². The second kappa shape index (κ2) is 3.43. The second-order valence-corrected chi connectivity index (χ2v) is 5.55. The number of aryl methyl sites for hydroxylation is 2. The van der Waals surface area contributed by atoms with Crippen LogP contribution in [-0.4, -0.2) is 18.0 Å². The molecule has 1 heterocycles. The molecule has 0 unspecified atom stereocenters. The van der Waals surface area contributed by atoms with E-state index in [0.717, 1.165) is 12.6 Å². The lowest BCUT2D eigenvalue weighted by molar-refractivity contribution is 0.316. The van der Waals surface area contributed by atoms with Gasteiger partial charge in [-0.15, -0.1) is 11.3 Å². The summed E-state index contributed by atoms with van der Waals surface area (Å²) >= 11 is 1.92. The first kappa shape index (κ1) is 9.22. The third kappa shape index (κ3) is 2.12. The van der Waals surface area contributed by atoms with Crippen LogP contribution in [0, 0.1) is 13.8 Å². The normalized spacial score (nSPS) is 16.9. The molecular formula is C11H17NS. The summed E-state index contributed by atoms with van der Waals surface area (Å²) < 4.78 is 0. The van der Waals surface area contributed by atoms with E-state index in [0.29, 0.717) is 0 Å². The van der Waals surface area contributed by atoms with Crippen molar-refractivity contribution in [2.45, 2.75) is 39.3 Å². The predicted molar refractivity (Wildman–Crippen MR) is 58.3 cm³/mol. The average molecular weight is 195 g/mol. The first-order valence-corrected chi connectivity index (χ1v) is 5.74. The molecule has 1 aliphatic carbocycles. The molecule has 1 aliphatic rings. The minimum Gasteiger partial charge on any atom is -0.299 e. The summed E-state index contributed by atoms with van der Waals surface area (Å²) in [5.41, 5.74) is 1.52. The van der Waals surface area contributed by atoms with E-state index in [4.69, 9.17) is 0 Å². The minimum absolute atomic E-state index is 0.875. The molecule has 0 atom stereocenters. The van der Waals surface area contributed by atoms with Gasteiger partial charge >= 0.3 is 0 Å². The van der Waals surface area contributed by atoms with Crippen molar-refractivity contribution in [3.05, 3.63) is 21.4 Å². The molecule has 0 saturated heterocycles. The molecule has 0 amide bonds. The summed E-state index contributed by atoms with van der Waals surface area (Å²) in [5.74, 6) is 0. The van der Waals surface area contributed by atoms with Crippen molar-refractivity contribution in [2.75, 3.05) is 7.05 Å². The highest BCUT2D eigenvalue weighted by Gasteiger charge is 2.26. The van der Waals surface area contributed by atoms with Crippen molar-refractivity contribution in [1.29, 1.82) is 0 Å². The zero-order valence-electron chi connectivity index (χ0n) is 8.63. The van der Waals surface area contributed by atoms with Crippen molar-refractivity contribution in [3.8, 4) is 0 Å². The van der Waals surface area contributed by atoms with Crippen molar-refractivity contribution in [2.24, 2.45) is 0 Å². The van der Waals surface area contributed by atoms with E-state index in [2.05, 4.69) is 31.9 Å². The molecule has 1 saturated carbocycles. The average Bonchev–Trinajstić information content (AvgIpc) is 2.81. The molecule has 2 rings (SSSR count). The molecule has 1 fully saturated rings. The Labute approximate surface area is 84.4 Å². The number of nitrogens with zero attached hydrogens (tertiary/aromatic N) is 1. The summed E-state index contributed by atoms with van der Waals surface area (Å²) in [4.78, 5) is 5.41. The molecule has 0 aliphatic heterocycles. The monoisotopic (exact) mass is 195 g/mol. The van der Waals surface area contributed by atoms with Crippen LogP contribution < -0.4 is 0 Å². The summed E-state index contributed by atoms with van der Waals surface area (Å²) in [6.07, 6.45) is 2.80. The highest BCUT2D eigenvalue weighted by molar-refractivity contribution is 7.12. The Morgan fingerprint density at radius 1 is 1.46 bits per heavy atom. The Hall–Kier alpha value is -0.340. The molecule has 1 aromatic rings. The van der Waals surface area contributed by atoms with Gasteiger partial charge in [-0.05, 0) is 45.4 Å². The van der Waals surface area contributed by atoms with Gasteiger partial charge in [-0.1, -0.05) is 0 Å². The lowest BCUT2D eigenvalue weighted by Crippen LogP contribution is -2.19. The molecule has 0 N–H and O–H groups in total. The van der Waals surface area contributed by atoms with Crippen molar-refractivity contribution in [1.82, 2.24) is 4.90 Å². The van der Waals surface area contributed by atoms with Crippen molar-refractivity contribution >= 4 is 11.3 Å². The maximum atomic E-state index is 2.48. The third-order valence-electron chi connectivity index (χ3n) is 2.73. The number of rotatable bonds is 3. The first-order chi connectivity index (χ1) is 6.16. The van der Waals surface area contributed by atoms with E-state index >= 15 is 0 Å². The SMILES string of the molecule is Cc1cc(CN(C)C2CC2)c(C)s1. The molecule has 13 heavy (non-hydrogen) atoms. The highest BCUT2D eigenvalue weighted by Crippen LogP contribution is 2.29. The largest absolute Gasteiger partial charge is 0.299 e. The molecule has 2 heteroatoms. The van der Waals surface area contributed by atoms with E-state index < -0.39 is 0 Å². The Morgan fingerprint density at radius 3 is 2.62 bits per heavy atom. The van der Waals surface area contributed by atoms with Crippen LogP contribution in [0.15, 0.2) is 6.07 Å². The predicted octanol–water partition coefficient (Wildman–Crippen LogP) is 2.96. The Balaban J connectivity index is 2.03. The zero-order valence-corrected chi connectivity index (χ0v) is 9.45. The highest BCUT2D eigenvalue weighted by atomic mass is 32.1. The smallest absolute Gasteiger partial charge is 0.0244 e. The lowest BCUT2D eigenvalue weighted by atomic mass is 10.2. The zero-order chi connectivity index (χ0) is 9.42. The van der Waals surface area contributed by atoms with E-state index in [1.165, 1.54) is 28.2 Å². The number of hydrogen-bond donors (Lipinski definition) is 0. The summed E-state index contributed by atoms with van der Waals surface area (Å²) in [6, 6.07) is 3.21. The second-order valence-electron chi connectivity index (χ2n) is 4.08. The molecule has 1 nitrogen and oxygen atoms in total. The van der Waals surface area contributed by atoms with Gasteiger partial charge in [0.1, 0.15) is 0 Å².